The summed E-state index contributed by atoms with van der Waals surface area (Å²) in [6.07, 6.45) is 2.35. The Hall–Kier alpha value is -2.20. The lowest BCUT2D eigenvalue weighted by Gasteiger charge is -2.44. The van der Waals surface area contributed by atoms with E-state index in [1.54, 1.807) is 0 Å². The van der Waals surface area contributed by atoms with Gasteiger partial charge in [-0.3, -0.25) is 0 Å². The Morgan fingerprint density at radius 2 is 1.60 bits per heavy atom. The molecule has 2 heterocycles. The minimum Gasteiger partial charge on any atom is -0.500 e. The molecule has 0 saturated carbocycles. The molecule has 1 atom stereocenters. The van der Waals surface area contributed by atoms with E-state index in [9.17, 15) is 0 Å². The van der Waals surface area contributed by atoms with Gasteiger partial charge in [0, 0.05) is 6.54 Å². The van der Waals surface area contributed by atoms with Crippen LogP contribution in [0.1, 0.15) is 5.56 Å². The molecule has 0 aliphatic carbocycles. The second-order valence-corrected chi connectivity index (χ2v) is 13.0. The fraction of sp³-hybridized carbons (Fsp3) is 0.333. The van der Waals surface area contributed by atoms with Crippen LogP contribution in [0.2, 0.25) is 19.6 Å². The summed E-state index contributed by atoms with van der Waals surface area (Å²) >= 11 is 0. The van der Waals surface area contributed by atoms with Crippen LogP contribution < -0.4 is 9.64 Å². The van der Waals surface area contributed by atoms with Gasteiger partial charge in [-0.05, 0) is 23.8 Å². The summed E-state index contributed by atoms with van der Waals surface area (Å²) in [7, 11) is -1.49. The number of rotatable bonds is 3. The van der Waals surface area contributed by atoms with Crippen molar-refractivity contribution >= 4 is 13.8 Å². The molecule has 0 radical (unpaired) electrons. The average Bonchev–Trinajstić information content (AvgIpc) is 3.04. The Morgan fingerprint density at radius 3 is 2.32 bits per heavy atom. The van der Waals surface area contributed by atoms with E-state index in [1.165, 1.54) is 10.9 Å². The molecule has 0 aromatic heterocycles. The van der Waals surface area contributed by atoms with Gasteiger partial charge in [0.2, 0.25) is 0 Å². The van der Waals surface area contributed by atoms with Crippen molar-refractivity contribution in [3.8, 4) is 5.75 Å². The van der Waals surface area contributed by atoms with E-state index in [-0.39, 0.29) is 5.54 Å². The zero-order valence-corrected chi connectivity index (χ0v) is 16.2. The summed E-state index contributed by atoms with van der Waals surface area (Å²) < 4.78 is 12.3. The average molecular weight is 352 g/mol. The van der Waals surface area contributed by atoms with Crippen LogP contribution in [0.3, 0.4) is 0 Å². The Labute approximate surface area is 150 Å². The molecule has 2 aromatic carbocycles. The number of benzene rings is 2. The lowest BCUT2D eigenvalue weighted by Crippen LogP contribution is -2.55. The molecule has 25 heavy (non-hydrogen) atoms. The Morgan fingerprint density at radius 1 is 0.920 bits per heavy atom. The van der Waals surface area contributed by atoms with Crippen LogP contribution in [0, 0.1) is 0 Å². The lowest BCUT2D eigenvalue weighted by atomic mass is 9.96. The van der Waals surface area contributed by atoms with Gasteiger partial charge in [-0.25, -0.2) is 0 Å². The molecule has 0 amide bonds. The third-order valence-electron chi connectivity index (χ3n) is 4.97. The van der Waals surface area contributed by atoms with Gasteiger partial charge in [0.1, 0.15) is 32.6 Å². The maximum atomic E-state index is 6.19. The number of anilines is 1. The van der Waals surface area contributed by atoms with E-state index in [2.05, 4.69) is 79.1 Å². The molecule has 2 aromatic rings. The molecule has 1 unspecified atom stereocenters. The first kappa shape index (κ1) is 16.3. The summed E-state index contributed by atoms with van der Waals surface area (Å²) in [5.74, 6) is 0.957. The second-order valence-electron chi connectivity index (χ2n) is 7.98. The van der Waals surface area contributed by atoms with Crippen molar-refractivity contribution < 1.29 is 9.47 Å². The highest BCUT2D eigenvalue weighted by Gasteiger charge is 2.47. The van der Waals surface area contributed by atoms with Gasteiger partial charge >= 0.3 is 0 Å². The van der Waals surface area contributed by atoms with Gasteiger partial charge in [-0.15, -0.1) is 0 Å². The van der Waals surface area contributed by atoms with Gasteiger partial charge in [-0.2, -0.15) is 0 Å². The van der Waals surface area contributed by atoms with Crippen LogP contribution in [0.4, 0.5) is 5.69 Å². The minimum absolute atomic E-state index is 0.222. The van der Waals surface area contributed by atoms with Gasteiger partial charge in [-0.1, -0.05) is 62.1 Å². The van der Waals surface area contributed by atoms with Crippen LogP contribution in [-0.2, 0) is 11.3 Å². The van der Waals surface area contributed by atoms with Gasteiger partial charge in [0.15, 0.2) is 0 Å². The van der Waals surface area contributed by atoms with Crippen molar-refractivity contribution in [1.29, 1.82) is 0 Å². The largest absolute Gasteiger partial charge is 0.500 e. The number of ether oxygens (including phenoxy) is 2. The third-order valence-corrected chi connectivity index (χ3v) is 6.74. The summed E-state index contributed by atoms with van der Waals surface area (Å²) in [6.45, 7) is 9.13. The molecule has 2 aliphatic rings. The van der Waals surface area contributed by atoms with Crippen molar-refractivity contribution in [2.24, 2.45) is 0 Å². The van der Waals surface area contributed by atoms with E-state index >= 15 is 0 Å². The first-order valence-corrected chi connectivity index (χ1v) is 12.4. The molecule has 4 heteroatoms. The normalized spacial score (nSPS) is 22.2. The molecule has 1 spiro atoms. The standard InChI is InChI=1S/C21H25NO2Si/c1-25(2,3)20-13-21(16-24-20)15-23-19-12-8-7-11-18(19)22(21)14-17-9-5-4-6-10-17/h4-13H,14-16H2,1-3H3. The van der Waals surface area contributed by atoms with Crippen molar-refractivity contribution in [2.75, 3.05) is 18.1 Å². The molecule has 0 fully saturated rings. The van der Waals surface area contributed by atoms with Crippen LogP contribution in [0.5, 0.6) is 5.75 Å². The SMILES string of the molecule is C[Si](C)(C)C1=CC2(CO1)COc1ccccc1N2Cc1ccccc1. The molecule has 3 nitrogen and oxygen atoms in total. The first-order valence-electron chi connectivity index (χ1n) is 8.88. The highest BCUT2D eigenvalue weighted by Crippen LogP contribution is 2.43. The Balaban J connectivity index is 1.77. The number of para-hydroxylation sites is 2. The Kier molecular flexibility index (Phi) is 3.88. The molecular weight excluding hydrogens is 326 g/mol. The quantitative estimate of drug-likeness (QED) is 0.754. The maximum absolute atomic E-state index is 6.19. The molecule has 2 aliphatic heterocycles. The van der Waals surface area contributed by atoms with Crippen molar-refractivity contribution in [3.05, 3.63) is 71.6 Å². The lowest BCUT2D eigenvalue weighted by molar-refractivity contribution is 0.151. The minimum atomic E-state index is -1.49. The maximum Gasteiger partial charge on any atom is 0.142 e. The fourth-order valence-corrected chi connectivity index (χ4v) is 4.74. The van der Waals surface area contributed by atoms with Crippen LogP contribution in [0.15, 0.2) is 66.1 Å². The predicted molar refractivity (Wildman–Crippen MR) is 105 cm³/mol. The number of nitrogens with zero attached hydrogens (tertiary/aromatic N) is 1. The topological polar surface area (TPSA) is 21.7 Å². The summed E-state index contributed by atoms with van der Waals surface area (Å²) in [5.41, 5.74) is 2.22. The number of hydrogen-bond donors (Lipinski definition) is 0. The van der Waals surface area contributed by atoms with Gasteiger partial charge in [0.25, 0.3) is 0 Å². The van der Waals surface area contributed by atoms with Gasteiger partial charge in [0.05, 0.1) is 11.1 Å². The van der Waals surface area contributed by atoms with Crippen molar-refractivity contribution in [2.45, 2.75) is 31.7 Å². The molecule has 0 saturated heterocycles. The summed E-state index contributed by atoms with van der Waals surface area (Å²) in [4.78, 5) is 2.47. The zero-order valence-electron chi connectivity index (χ0n) is 15.2. The number of hydrogen-bond acceptors (Lipinski definition) is 3. The Bertz CT molecular complexity index is 797. The van der Waals surface area contributed by atoms with Crippen molar-refractivity contribution in [3.63, 3.8) is 0 Å². The molecule has 130 valence electrons. The van der Waals surface area contributed by atoms with Gasteiger partial charge < -0.3 is 14.4 Å². The van der Waals surface area contributed by atoms with Crippen molar-refractivity contribution in [1.82, 2.24) is 0 Å². The smallest absolute Gasteiger partial charge is 0.142 e. The van der Waals surface area contributed by atoms with E-state index in [0.29, 0.717) is 13.2 Å². The van der Waals surface area contributed by atoms with Crippen LogP contribution in [-0.4, -0.2) is 26.8 Å². The molecule has 0 bridgehead atoms. The van der Waals surface area contributed by atoms with E-state index in [0.717, 1.165) is 18.0 Å². The highest BCUT2D eigenvalue weighted by molar-refractivity contribution is 6.82. The molecular formula is C21H25NO2Si. The van der Waals surface area contributed by atoms with Crippen LogP contribution in [0.25, 0.3) is 0 Å². The number of fused-ring (bicyclic) bond motifs is 1. The summed E-state index contributed by atoms with van der Waals surface area (Å²) in [5, 5.41) is 1.19. The van der Waals surface area contributed by atoms with E-state index < -0.39 is 8.07 Å². The second kappa shape index (κ2) is 5.95. The third kappa shape index (κ3) is 2.95. The summed E-state index contributed by atoms with van der Waals surface area (Å²) in [6, 6.07) is 19.0. The first-order chi connectivity index (χ1) is 12.0. The molecule has 0 N–H and O–H groups in total. The zero-order chi connectivity index (χ0) is 17.5. The monoisotopic (exact) mass is 351 g/mol. The van der Waals surface area contributed by atoms with Crippen LogP contribution >= 0.6 is 0 Å². The fourth-order valence-electron chi connectivity index (χ4n) is 3.53. The highest BCUT2D eigenvalue weighted by atomic mass is 28.3. The molecule has 4 rings (SSSR count). The predicted octanol–water partition coefficient (Wildman–Crippen LogP) is 4.62. The van der Waals surface area contributed by atoms with E-state index in [1.807, 2.05) is 6.07 Å². The van der Waals surface area contributed by atoms with E-state index in [4.69, 9.17) is 9.47 Å².